The van der Waals surface area contributed by atoms with Crippen LogP contribution in [0.25, 0.3) is 0 Å². The molecule has 0 aromatic rings. The summed E-state index contributed by atoms with van der Waals surface area (Å²) in [4.78, 5) is 10.1. The van der Waals surface area contributed by atoms with E-state index in [0.717, 1.165) is 5.01 Å². The first-order chi connectivity index (χ1) is 3.83. The quantitative estimate of drug-likeness (QED) is 0.437. The molecule has 0 aromatic carbocycles. The minimum atomic E-state index is -0.821. The number of rotatable bonds is 1. The lowest BCUT2D eigenvalue weighted by atomic mass is 10.4. The molecule has 0 amide bonds. The van der Waals surface area contributed by atoms with E-state index in [9.17, 15) is 9.18 Å². The molecule has 1 aliphatic rings. The molecule has 0 bridgehead atoms. The number of hydrazone groups is 1. The molecule has 8 heavy (non-hydrogen) atoms. The summed E-state index contributed by atoms with van der Waals surface area (Å²) in [6.45, 7) is 1.22. The van der Waals surface area contributed by atoms with Crippen LogP contribution in [0, 0.1) is 6.54 Å². The minimum absolute atomic E-state index is 0.511. The number of hydrogen-bond donors (Lipinski definition) is 0. The smallest absolute Gasteiger partial charge is 0.218 e. The fourth-order valence-corrected chi connectivity index (χ4v) is 0.330. The normalized spacial score (nSPS) is 18.1. The van der Waals surface area contributed by atoms with Gasteiger partial charge in [-0.1, -0.05) is 0 Å². The van der Waals surface area contributed by atoms with E-state index in [1.807, 2.05) is 12.8 Å². The fraction of sp³-hybridized carbons (Fsp3) is 0.250. The second-order valence-electron chi connectivity index (χ2n) is 1.17. The third kappa shape index (κ3) is 0.828. The van der Waals surface area contributed by atoms with Crippen molar-refractivity contribution < 1.29 is 9.18 Å². The van der Waals surface area contributed by atoms with Gasteiger partial charge in [-0.3, -0.25) is 4.79 Å². The van der Waals surface area contributed by atoms with E-state index >= 15 is 0 Å². The standard InChI is InChI=1S/C4H2FN2O/c5-3-7-2-4(8)1-6-7/h3H2. The Kier molecular flexibility index (Phi) is 1.24. The van der Waals surface area contributed by atoms with Crippen LogP contribution in [0.3, 0.4) is 0 Å². The number of halogens is 1. The molecule has 0 spiro atoms. The van der Waals surface area contributed by atoms with E-state index in [-0.39, 0.29) is 0 Å². The van der Waals surface area contributed by atoms with Crippen molar-refractivity contribution in [2.75, 3.05) is 6.80 Å². The minimum Gasteiger partial charge on any atom is -0.289 e. The van der Waals surface area contributed by atoms with Crippen molar-refractivity contribution in [3.63, 3.8) is 0 Å². The summed E-state index contributed by atoms with van der Waals surface area (Å²) >= 11 is 0. The van der Waals surface area contributed by atoms with Crippen LogP contribution in [-0.2, 0) is 4.79 Å². The molecule has 3 nitrogen and oxygen atoms in total. The van der Waals surface area contributed by atoms with Gasteiger partial charge in [0.05, 0.1) is 0 Å². The van der Waals surface area contributed by atoms with Crippen molar-refractivity contribution in [2.24, 2.45) is 5.10 Å². The highest BCUT2D eigenvalue weighted by Crippen LogP contribution is 1.99. The van der Waals surface area contributed by atoms with Gasteiger partial charge in [-0.2, -0.15) is 5.10 Å². The summed E-state index contributed by atoms with van der Waals surface area (Å²) < 4.78 is 11.4. The van der Waals surface area contributed by atoms with Crippen molar-refractivity contribution in [2.45, 2.75) is 0 Å². The van der Waals surface area contributed by atoms with Crippen molar-refractivity contribution in [3.05, 3.63) is 6.54 Å². The molecule has 0 aliphatic carbocycles. The van der Waals surface area contributed by atoms with E-state index in [2.05, 4.69) is 5.10 Å². The summed E-state index contributed by atoms with van der Waals surface area (Å²) in [5.74, 6) is -0.511. The van der Waals surface area contributed by atoms with Crippen molar-refractivity contribution in [1.82, 2.24) is 5.01 Å². The molecule has 1 aliphatic heterocycles. The second kappa shape index (κ2) is 1.90. The molecule has 0 saturated carbocycles. The molecule has 0 N–H and O–H groups in total. The van der Waals surface area contributed by atoms with Crippen molar-refractivity contribution in [1.29, 1.82) is 0 Å². The highest BCUT2D eigenvalue weighted by molar-refractivity contribution is 6.32. The van der Waals surface area contributed by atoms with Gasteiger partial charge >= 0.3 is 0 Å². The van der Waals surface area contributed by atoms with Gasteiger partial charge in [0.25, 0.3) is 0 Å². The molecule has 0 atom stereocenters. The van der Waals surface area contributed by atoms with E-state index in [1.165, 1.54) is 0 Å². The number of hydrogen-bond acceptors (Lipinski definition) is 3. The van der Waals surface area contributed by atoms with Gasteiger partial charge in [0.2, 0.25) is 5.78 Å². The third-order valence-corrected chi connectivity index (χ3v) is 0.616. The number of alkyl halides is 1. The summed E-state index contributed by atoms with van der Waals surface area (Å²) in [5.41, 5.74) is 0. The number of carbonyl (C=O) groups is 1. The molecule has 0 aromatic heterocycles. The van der Waals surface area contributed by atoms with Gasteiger partial charge in [-0.25, -0.2) is 9.40 Å². The zero-order valence-corrected chi connectivity index (χ0v) is 3.89. The van der Waals surface area contributed by atoms with E-state index in [0.29, 0.717) is 0 Å². The highest BCUT2D eigenvalue weighted by Gasteiger charge is 2.15. The lowest BCUT2D eigenvalue weighted by molar-refractivity contribution is -0.110. The van der Waals surface area contributed by atoms with Crippen LogP contribution in [-0.4, -0.2) is 23.8 Å². The molecule has 0 saturated heterocycles. The highest BCUT2D eigenvalue weighted by atomic mass is 19.1. The number of carbonyl (C=O) groups excluding carboxylic acids is 1. The van der Waals surface area contributed by atoms with Gasteiger partial charge in [0, 0.05) is 0 Å². The Morgan fingerprint density at radius 2 is 2.62 bits per heavy atom. The fourth-order valence-electron chi connectivity index (χ4n) is 0.330. The molecule has 1 rings (SSSR count). The third-order valence-electron chi connectivity index (χ3n) is 0.616. The lowest BCUT2D eigenvalue weighted by Crippen LogP contribution is -2.09. The van der Waals surface area contributed by atoms with Gasteiger partial charge in [-0.15, -0.1) is 0 Å². The molecular weight excluding hydrogens is 111 g/mol. The number of Topliss-reactive ketones (excluding diaryl/α,β-unsaturated/α-hetero) is 1. The van der Waals surface area contributed by atoms with Crippen LogP contribution < -0.4 is 0 Å². The van der Waals surface area contributed by atoms with Crippen LogP contribution in [0.15, 0.2) is 5.10 Å². The molecule has 3 radical (unpaired) electrons. The predicted molar refractivity (Wildman–Crippen MR) is 23.5 cm³/mol. The van der Waals surface area contributed by atoms with Crippen LogP contribution in [0.5, 0.6) is 0 Å². The Balaban J connectivity index is 2.46. The Bertz CT molecular complexity index is 134. The average molecular weight is 113 g/mol. The topological polar surface area (TPSA) is 32.7 Å². The van der Waals surface area contributed by atoms with Gasteiger partial charge < -0.3 is 0 Å². The summed E-state index contributed by atoms with van der Waals surface area (Å²) in [6.07, 6.45) is 1.98. The molecule has 41 valence electrons. The zero-order valence-electron chi connectivity index (χ0n) is 3.89. The SMILES string of the molecule is O=C1[C]N(CF)N=[C]1. The van der Waals surface area contributed by atoms with Crippen molar-refractivity contribution in [3.8, 4) is 0 Å². The van der Waals surface area contributed by atoms with Crippen LogP contribution >= 0.6 is 0 Å². The average Bonchev–Trinajstić information content (AvgIpc) is 2.14. The summed E-state index contributed by atoms with van der Waals surface area (Å²) in [7, 11) is 0. The first-order valence-electron chi connectivity index (χ1n) is 1.93. The first kappa shape index (κ1) is 5.21. The largest absolute Gasteiger partial charge is 0.289 e. The van der Waals surface area contributed by atoms with Crippen molar-refractivity contribution >= 4 is 12.0 Å². The van der Waals surface area contributed by atoms with Crippen LogP contribution in [0.2, 0.25) is 0 Å². The monoisotopic (exact) mass is 113 g/mol. The first-order valence-corrected chi connectivity index (χ1v) is 1.93. The van der Waals surface area contributed by atoms with Crippen LogP contribution in [0.1, 0.15) is 0 Å². The van der Waals surface area contributed by atoms with Gasteiger partial charge in [-0.05, 0) is 0 Å². The number of ketones is 1. The van der Waals surface area contributed by atoms with Crippen LogP contribution in [0.4, 0.5) is 4.39 Å². The Hall–Kier alpha value is -0.930. The molecule has 4 heteroatoms. The molecule has 0 unspecified atom stereocenters. The number of nitrogens with zero attached hydrogens (tertiary/aromatic N) is 2. The Labute approximate surface area is 45.8 Å². The summed E-state index contributed by atoms with van der Waals surface area (Å²) in [5, 5.41) is 3.94. The summed E-state index contributed by atoms with van der Waals surface area (Å²) in [6, 6.07) is 0. The maximum atomic E-state index is 11.4. The van der Waals surface area contributed by atoms with Gasteiger partial charge in [0.15, 0.2) is 19.6 Å². The lowest BCUT2D eigenvalue weighted by Gasteiger charge is -2.00. The molecule has 0 fully saturated rings. The van der Waals surface area contributed by atoms with E-state index in [1.54, 1.807) is 0 Å². The molecule has 1 heterocycles. The Morgan fingerprint density at radius 1 is 1.88 bits per heavy atom. The van der Waals surface area contributed by atoms with E-state index < -0.39 is 12.6 Å². The predicted octanol–water partition coefficient (Wildman–Crippen LogP) is -0.300. The maximum Gasteiger partial charge on any atom is 0.218 e. The zero-order chi connectivity index (χ0) is 5.98. The molecular formula is C4H2FN2O. The maximum absolute atomic E-state index is 11.4. The second-order valence-corrected chi connectivity index (χ2v) is 1.17. The van der Waals surface area contributed by atoms with E-state index in [4.69, 9.17) is 0 Å². The Morgan fingerprint density at radius 3 is 2.88 bits per heavy atom. The van der Waals surface area contributed by atoms with Gasteiger partial charge in [0.1, 0.15) is 0 Å².